The zero-order chi connectivity index (χ0) is 14.8. The Morgan fingerprint density at radius 2 is 1.95 bits per heavy atom. The van der Waals surface area contributed by atoms with Gasteiger partial charge in [0.05, 0.1) is 7.11 Å². The Balaban J connectivity index is 2.00. The zero-order valence-corrected chi connectivity index (χ0v) is 13.6. The maximum atomic E-state index is 5.37. The molecule has 3 aromatic rings. The second-order valence-electron chi connectivity index (χ2n) is 4.41. The van der Waals surface area contributed by atoms with Crippen molar-refractivity contribution in [2.45, 2.75) is 4.90 Å². The molecule has 0 saturated heterocycles. The topological polar surface area (TPSA) is 47.0 Å². The van der Waals surface area contributed by atoms with Crippen molar-refractivity contribution >= 4 is 51.1 Å². The average Bonchev–Trinajstić information content (AvgIpc) is 2.49. The van der Waals surface area contributed by atoms with E-state index in [2.05, 4.69) is 43.8 Å². The van der Waals surface area contributed by atoms with Crippen molar-refractivity contribution in [1.29, 1.82) is 0 Å². The summed E-state index contributed by atoms with van der Waals surface area (Å²) in [6, 6.07) is 11.5. The molecule has 1 N–H and O–H groups in total. The van der Waals surface area contributed by atoms with Crippen molar-refractivity contribution in [3.05, 3.63) is 47.1 Å². The molecule has 0 fully saturated rings. The summed E-state index contributed by atoms with van der Waals surface area (Å²) in [4.78, 5) is 9.75. The summed E-state index contributed by atoms with van der Waals surface area (Å²) in [6.45, 7) is 0. The summed E-state index contributed by atoms with van der Waals surface area (Å²) >= 11 is 7.71. The number of hydrogen-bond donors (Lipinski definition) is 2. The summed E-state index contributed by atoms with van der Waals surface area (Å²) in [5.74, 6) is 1.23. The number of benzene rings is 2. The Morgan fingerprint density at radius 1 is 1.19 bits per heavy atom. The number of nitrogens with one attached hydrogen (secondary N) is 1. The van der Waals surface area contributed by atoms with Gasteiger partial charge in [0.1, 0.15) is 11.3 Å². The smallest absolute Gasteiger partial charge is 0.227 e. The third kappa shape index (κ3) is 3.11. The molecule has 4 nitrogen and oxygen atoms in total. The van der Waals surface area contributed by atoms with Crippen LogP contribution in [-0.2, 0) is 0 Å². The molecular formula is C15H12BrN3OS. The number of methoxy groups -OCH3 is 1. The van der Waals surface area contributed by atoms with Crippen LogP contribution in [0.1, 0.15) is 0 Å². The number of anilines is 2. The standard InChI is InChI=1S/C15H12BrN3OS/c1-20-13-7-10(16)6-9-8-17-15(19-14(9)13)18-11-2-4-12(21)5-3-11/h2-8,21H,1H3,(H,17,18,19). The summed E-state index contributed by atoms with van der Waals surface area (Å²) in [5, 5.41) is 4.08. The third-order valence-electron chi connectivity index (χ3n) is 2.96. The fourth-order valence-corrected chi connectivity index (χ4v) is 2.57. The van der Waals surface area contributed by atoms with Gasteiger partial charge < -0.3 is 10.1 Å². The minimum absolute atomic E-state index is 0.523. The van der Waals surface area contributed by atoms with Crippen LogP contribution in [0.2, 0.25) is 0 Å². The SMILES string of the molecule is COc1cc(Br)cc2cnc(Nc3ccc(S)cc3)nc12. The fraction of sp³-hybridized carbons (Fsp3) is 0.0667. The second kappa shape index (κ2) is 5.91. The summed E-state index contributed by atoms with van der Waals surface area (Å²) in [7, 11) is 1.63. The quantitative estimate of drug-likeness (QED) is 0.677. The highest BCUT2D eigenvalue weighted by molar-refractivity contribution is 9.10. The lowest BCUT2D eigenvalue weighted by atomic mass is 10.2. The van der Waals surface area contributed by atoms with E-state index >= 15 is 0 Å². The number of thiol groups is 1. The molecule has 0 radical (unpaired) electrons. The zero-order valence-electron chi connectivity index (χ0n) is 11.2. The van der Waals surface area contributed by atoms with Gasteiger partial charge in [-0.3, -0.25) is 0 Å². The van der Waals surface area contributed by atoms with Crippen molar-refractivity contribution in [3.63, 3.8) is 0 Å². The number of hydrogen-bond acceptors (Lipinski definition) is 5. The number of halogens is 1. The lowest BCUT2D eigenvalue weighted by Gasteiger charge is -2.09. The minimum Gasteiger partial charge on any atom is -0.494 e. The lowest BCUT2D eigenvalue weighted by Crippen LogP contribution is -1.98. The molecule has 0 aliphatic carbocycles. The van der Waals surface area contributed by atoms with Gasteiger partial charge in [0, 0.05) is 26.6 Å². The molecule has 0 unspecified atom stereocenters. The van der Waals surface area contributed by atoms with Crippen LogP contribution in [0.5, 0.6) is 5.75 Å². The maximum absolute atomic E-state index is 5.37. The molecule has 1 heterocycles. The minimum atomic E-state index is 0.523. The first-order valence-corrected chi connectivity index (χ1v) is 7.46. The van der Waals surface area contributed by atoms with E-state index in [-0.39, 0.29) is 0 Å². The summed E-state index contributed by atoms with van der Waals surface area (Å²) < 4.78 is 6.30. The van der Waals surface area contributed by atoms with Gasteiger partial charge in [-0.1, -0.05) is 15.9 Å². The molecule has 0 amide bonds. The monoisotopic (exact) mass is 361 g/mol. The Hall–Kier alpha value is -1.79. The Bertz CT molecular complexity index is 793. The number of ether oxygens (including phenoxy) is 1. The van der Waals surface area contributed by atoms with Crippen LogP contribution >= 0.6 is 28.6 Å². The first-order valence-electron chi connectivity index (χ1n) is 6.22. The number of aromatic nitrogens is 2. The van der Waals surface area contributed by atoms with Gasteiger partial charge in [0.15, 0.2) is 0 Å². The van der Waals surface area contributed by atoms with Gasteiger partial charge in [-0.05, 0) is 36.4 Å². The van der Waals surface area contributed by atoms with Crippen LogP contribution in [0.15, 0.2) is 52.0 Å². The van der Waals surface area contributed by atoms with Crippen molar-refractivity contribution in [3.8, 4) is 5.75 Å². The summed E-state index contributed by atoms with van der Waals surface area (Å²) in [5.41, 5.74) is 1.67. The highest BCUT2D eigenvalue weighted by Gasteiger charge is 2.07. The summed E-state index contributed by atoms with van der Waals surface area (Å²) in [6.07, 6.45) is 1.77. The molecular weight excluding hydrogens is 350 g/mol. The van der Waals surface area contributed by atoms with Crippen molar-refractivity contribution in [1.82, 2.24) is 9.97 Å². The molecule has 0 spiro atoms. The Kier molecular flexibility index (Phi) is 3.98. The number of nitrogens with zero attached hydrogens (tertiary/aromatic N) is 2. The fourth-order valence-electron chi connectivity index (χ4n) is 1.97. The molecule has 0 aliphatic rings. The van der Waals surface area contributed by atoms with E-state index in [4.69, 9.17) is 4.74 Å². The molecule has 3 rings (SSSR count). The van der Waals surface area contributed by atoms with Crippen LogP contribution in [0.3, 0.4) is 0 Å². The van der Waals surface area contributed by atoms with Gasteiger partial charge in [-0.2, -0.15) is 0 Å². The normalized spacial score (nSPS) is 10.6. The molecule has 0 aliphatic heterocycles. The van der Waals surface area contributed by atoms with E-state index in [1.807, 2.05) is 36.4 Å². The van der Waals surface area contributed by atoms with Crippen molar-refractivity contribution in [2.75, 3.05) is 12.4 Å². The Morgan fingerprint density at radius 3 is 2.67 bits per heavy atom. The van der Waals surface area contributed by atoms with Gasteiger partial charge >= 0.3 is 0 Å². The van der Waals surface area contributed by atoms with Crippen LogP contribution in [0.4, 0.5) is 11.6 Å². The van der Waals surface area contributed by atoms with Crippen molar-refractivity contribution < 1.29 is 4.74 Å². The molecule has 6 heteroatoms. The number of rotatable bonds is 3. The molecule has 21 heavy (non-hydrogen) atoms. The predicted molar refractivity (Wildman–Crippen MR) is 90.8 cm³/mol. The highest BCUT2D eigenvalue weighted by atomic mass is 79.9. The van der Waals surface area contributed by atoms with Crippen molar-refractivity contribution in [2.24, 2.45) is 0 Å². The molecule has 0 atom stereocenters. The molecule has 106 valence electrons. The van der Waals surface area contributed by atoms with Gasteiger partial charge in [-0.25, -0.2) is 9.97 Å². The van der Waals surface area contributed by atoms with Gasteiger partial charge in [0.25, 0.3) is 0 Å². The van der Waals surface area contributed by atoms with Crippen LogP contribution in [-0.4, -0.2) is 17.1 Å². The molecule has 0 bridgehead atoms. The number of fused-ring (bicyclic) bond motifs is 1. The van der Waals surface area contributed by atoms with E-state index in [0.29, 0.717) is 11.7 Å². The van der Waals surface area contributed by atoms with E-state index in [0.717, 1.165) is 26.0 Å². The molecule has 2 aromatic carbocycles. The first-order chi connectivity index (χ1) is 10.2. The third-order valence-corrected chi connectivity index (χ3v) is 3.71. The van der Waals surface area contributed by atoms with E-state index in [9.17, 15) is 0 Å². The first kappa shape index (κ1) is 14.2. The highest BCUT2D eigenvalue weighted by Crippen LogP contribution is 2.29. The lowest BCUT2D eigenvalue weighted by molar-refractivity contribution is 0.418. The Labute approximate surface area is 136 Å². The largest absolute Gasteiger partial charge is 0.494 e. The van der Waals surface area contributed by atoms with Crippen LogP contribution in [0, 0.1) is 0 Å². The average molecular weight is 362 g/mol. The maximum Gasteiger partial charge on any atom is 0.227 e. The van der Waals surface area contributed by atoms with Gasteiger partial charge in [-0.15, -0.1) is 12.6 Å². The van der Waals surface area contributed by atoms with Crippen LogP contribution in [0.25, 0.3) is 10.9 Å². The second-order valence-corrected chi connectivity index (χ2v) is 5.84. The van der Waals surface area contributed by atoms with E-state index in [1.54, 1.807) is 13.3 Å². The van der Waals surface area contributed by atoms with E-state index < -0.39 is 0 Å². The molecule has 0 saturated carbocycles. The van der Waals surface area contributed by atoms with E-state index in [1.165, 1.54) is 0 Å². The van der Waals surface area contributed by atoms with Gasteiger partial charge in [0.2, 0.25) is 5.95 Å². The predicted octanol–water partition coefficient (Wildman–Crippen LogP) is 4.43. The van der Waals surface area contributed by atoms with Crippen LogP contribution < -0.4 is 10.1 Å². The molecule has 1 aromatic heterocycles.